The largest absolute Gasteiger partial charge is 0.329 e. The van der Waals surface area contributed by atoms with Gasteiger partial charge in [-0.15, -0.1) is 0 Å². The molecule has 1 aliphatic rings. The number of hydrogen-bond acceptors (Lipinski definition) is 2. The fraction of sp³-hybridized carbons (Fsp3) is 0.385. The molecule has 96 valence electrons. The molecular formula is C13H15FN2O2. The second-order valence-electron chi connectivity index (χ2n) is 4.42. The number of amides is 2. The summed E-state index contributed by atoms with van der Waals surface area (Å²) in [6.07, 6.45) is 0.331. The van der Waals surface area contributed by atoms with Crippen LogP contribution in [0.15, 0.2) is 24.3 Å². The second kappa shape index (κ2) is 5.16. The molecule has 2 rings (SSSR count). The van der Waals surface area contributed by atoms with E-state index in [1.165, 1.54) is 13.0 Å². The molecule has 1 heterocycles. The van der Waals surface area contributed by atoms with Gasteiger partial charge in [-0.1, -0.05) is 18.2 Å². The van der Waals surface area contributed by atoms with Crippen molar-refractivity contribution in [1.29, 1.82) is 0 Å². The van der Waals surface area contributed by atoms with E-state index in [0.717, 1.165) is 0 Å². The third-order valence-corrected chi connectivity index (χ3v) is 3.00. The standard InChI is InChI=1S/C13H15FN2O2/c1-9(17)6-7-16-8-12(15-13(16)18)10-4-2-3-5-11(10)14/h2-5,12H,6-8H2,1H3,(H,15,18). The van der Waals surface area contributed by atoms with Crippen molar-refractivity contribution in [2.24, 2.45) is 0 Å². The van der Waals surface area contributed by atoms with Gasteiger partial charge in [0.25, 0.3) is 0 Å². The van der Waals surface area contributed by atoms with Crippen LogP contribution in [0.1, 0.15) is 24.9 Å². The Morgan fingerprint density at radius 2 is 2.22 bits per heavy atom. The first kappa shape index (κ1) is 12.5. The minimum atomic E-state index is -0.342. The van der Waals surface area contributed by atoms with Crippen molar-refractivity contribution >= 4 is 11.8 Å². The molecule has 5 heteroatoms. The van der Waals surface area contributed by atoms with Crippen LogP contribution >= 0.6 is 0 Å². The van der Waals surface area contributed by atoms with Crippen LogP contribution in [0.5, 0.6) is 0 Å². The molecule has 0 radical (unpaired) electrons. The third kappa shape index (κ3) is 2.67. The number of urea groups is 1. The van der Waals surface area contributed by atoms with Crippen molar-refractivity contribution in [3.63, 3.8) is 0 Å². The molecule has 0 spiro atoms. The van der Waals surface area contributed by atoms with Gasteiger partial charge in [-0.2, -0.15) is 0 Å². The van der Waals surface area contributed by atoms with Crippen molar-refractivity contribution in [3.05, 3.63) is 35.6 Å². The highest BCUT2D eigenvalue weighted by Crippen LogP contribution is 2.22. The van der Waals surface area contributed by atoms with Gasteiger partial charge in [0.2, 0.25) is 0 Å². The van der Waals surface area contributed by atoms with Crippen molar-refractivity contribution in [1.82, 2.24) is 10.2 Å². The molecule has 2 amide bonds. The van der Waals surface area contributed by atoms with E-state index in [9.17, 15) is 14.0 Å². The number of rotatable bonds is 4. The van der Waals surface area contributed by atoms with Gasteiger partial charge in [-0.25, -0.2) is 9.18 Å². The Balaban J connectivity index is 2.04. The van der Waals surface area contributed by atoms with Gasteiger partial charge in [0.15, 0.2) is 0 Å². The first-order valence-electron chi connectivity index (χ1n) is 5.87. The molecule has 1 aromatic rings. The minimum Gasteiger partial charge on any atom is -0.329 e. The molecule has 0 aromatic heterocycles. The Morgan fingerprint density at radius 3 is 2.89 bits per heavy atom. The predicted octanol–water partition coefficient (Wildman–Crippen LogP) is 1.87. The van der Waals surface area contributed by atoms with Crippen LogP contribution in [0.25, 0.3) is 0 Å². The highest BCUT2D eigenvalue weighted by atomic mass is 19.1. The van der Waals surface area contributed by atoms with E-state index < -0.39 is 0 Å². The smallest absolute Gasteiger partial charge is 0.318 e. The molecule has 1 aliphatic heterocycles. The van der Waals surface area contributed by atoms with E-state index in [-0.39, 0.29) is 23.7 Å². The van der Waals surface area contributed by atoms with Crippen LogP contribution in [0.3, 0.4) is 0 Å². The summed E-state index contributed by atoms with van der Waals surface area (Å²) in [5.41, 5.74) is 0.483. The van der Waals surface area contributed by atoms with Gasteiger partial charge in [0, 0.05) is 25.1 Å². The van der Waals surface area contributed by atoms with Gasteiger partial charge < -0.3 is 10.2 Å². The zero-order chi connectivity index (χ0) is 13.1. The first-order valence-corrected chi connectivity index (χ1v) is 5.87. The summed E-state index contributed by atoms with van der Waals surface area (Å²) < 4.78 is 13.6. The molecule has 0 bridgehead atoms. The lowest BCUT2D eigenvalue weighted by atomic mass is 10.1. The van der Waals surface area contributed by atoms with Gasteiger partial charge >= 0.3 is 6.03 Å². The van der Waals surface area contributed by atoms with E-state index >= 15 is 0 Å². The summed E-state index contributed by atoms with van der Waals surface area (Å²) in [7, 11) is 0. The number of halogens is 1. The minimum absolute atomic E-state index is 0.0390. The lowest BCUT2D eigenvalue weighted by molar-refractivity contribution is -0.117. The van der Waals surface area contributed by atoms with Crippen LogP contribution in [0, 0.1) is 5.82 Å². The van der Waals surface area contributed by atoms with Crippen LogP contribution in [0.2, 0.25) is 0 Å². The van der Waals surface area contributed by atoms with Crippen LogP contribution in [-0.4, -0.2) is 29.8 Å². The summed E-state index contributed by atoms with van der Waals surface area (Å²) in [4.78, 5) is 24.1. The maximum atomic E-state index is 13.6. The molecule has 18 heavy (non-hydrogen) atoms. The van der Waals surface area contributed by atoms with Gasteiger partial charge in [0.1, 0.15) is 11.6 Å². The molecular weight excluding hydrogens is 235 g/mol. The fourth-order valence-corrected chi connectivity index (χ4v) is 2.01. The fourth-order valence-electron chi connectivity index (χ4n) is 2.01. The number of carbonyl (C=O) groups is 2. The number of Topliss-reactive ketones (excluding diaryl/α,β-unsaturated/α-hetero) is 1. The van der Waals surface area contributed by atoms with Crippen molar-refractivity contribution < 1.29 is 14.0 Å². The van der Waals surface area contributed by atoms with Crippen molar-refractivity contribution in [2.75, 3.05) is 13.1 Å². The summed E-state index contributed by atoms with van der Waals surface area (Å²) in [6, 6.07) is 5.80. The quantitative estimate of drug-likeness (QED) is 0.886. The molecule has 1 N–H and O–H groups in total. The summed E-state index contributed by atoms with van der Waals surface area (Å²) in [5.74, 6) is -0.284. The van der Waals surface area contributed by atoms with Crippen LogP contribution < -0.4 is 5.32 Å². The van der Waals surface area contributed by atoms with E-state index in [1.54, 1.807) is 23.1 Å². The maximum Gasteiger partial charge on any atom is 0.318 e. The Bertz CT molecular complexity index is 476. The lowest BCUT2D eigenvalue weighted by Gasteiger charge is -2.13. The molecule has 1 unspecified atom stereocenters. The zero-order valence-electron chi connectivity index (χ0n) is 10.1. The molecule has 0 saturated carbocycles. The number of carbonyl (C=O) groups excluding carboxylic acids is 2. The van der Waals surface area contributed by atoms with E-state index in [1.807, 2.05) is 0 Å². The predicted molar refractivity (Wildman–Crippen MR) is 64.5 cm³/mol. The van der Waals surface area contributed by atoms with E-state index in [4.69, 9.17) is 0 Å². The van der Waals surface area contributed by atoms with Crippen LogP contribution in [0.4, 0.5) is 9.18 Å². The Hall–Kier alpha value is -1.91. The molecule has 1 aromatic carbocycles. The topological polar surface area (TPSA) is 49.4 Å². The SMILES string of the molecule is CC(=O)CCN1CC(c2ccccc2F)NC1=O. The number of nitrogens with zero attached hydrogens (tertiary/aromatic N) is 1. The molecule has 1 fully saturated rings. The molecule has 1 atom stereocenters. The van der Waals surface area contributed by atoms with Crippen LogP contribution in [-0.2, 0) is 4.79 Å². The normalized spacial score (nSPS) is 18.9. The molecule has 0 aliphatic carbocycles. The Morgan fingerprint density at radius 1 is 1.50 bits per heavy atom. The Labute approximate surface area is 105 Å². The van der Waals surface area contributed by atoms with Gasteiger partial charge in [0.05, 0.1) is 6.04 Å². The summed E-state index contributed by atoms with van der Waals surface area (Å²) in [5, 5.41) is 2.72. The monoisotopic (exact) mass is 250 g/mol. The number of ketones is 1. The lowest BCUT2D eigenvalue weighted by Crippen LogP contribution is -2.29. The highest BCUT2D eigenvalue weighted by molar-refractivity contribution is 5.79. The van der Waals surface area contributed by atoms with Crippen molar-refractivity contribution in [3.8, 4) is 0 Å². The van der Waals surface area contributed by atoms with E-state index in [0.29, 0.717) is 25.1 Å². The van der Waals surface area contributed by atoms with E-state index in [2.05, 4.69) is 5.32 Å². The number of nitrogens with one attached hydrogen (secondary N) is 1. The molecule has 4 nitrogen and oxygen atoms in total. The van der Waals surface area contributed by atoms with Gasteiger partial charge in [-0.3, -0.25) is 4.79 Å². The molecule has 1 saturated heterocycles. The Kier molecular flexibility index (Phi) is 3.60. The summed E-state index contributed by atoms with van der Waals surface area (Å²) in [6.45, 7) is 2.27. The average Bonchev–Trinajstić information content (AvgIpc) is 2.68. The zero-order valence-corrected chi connectivity index (χ0v) is 10.1. The average molecular weight is 250 g/mol. The third-order valence-electron chi connectivity index (χ3n) is 3.00. The van der Waals surface area contributed by atoms with Gasteiger partial charge in [-0.05, 0) is 13.0 Å². The van der Waals surface area contributed by atoms with Crippen molar-refractivity contribution in [2.45, 2.75) is 19.4 Å². The summed E-state index contributed by atoms with van der Waals surface area (Å²) >= 11 is 0. The first-order chi connectivity index (χ1) is 8.58. The maximum absolute atomic E-state index is 13.6. The number of benzene rings is 1. The highest BCUT2D eigenvalue weighted by Gasteiger charge is 2.30. The number of hydrogen-bond donors (Lipinski definition) is 1. The second-order valence-corrected chi connectivity index (χ2v) is 4.42.